The Bertz CT molecular complexity index is 1030. The highest BCUT2D eigenvalue weighted by Crippen LogP contribution is 2.24. The Morgan fingerprint density at radius 1 is 1.11 bits per heavy atom. The lowest BCUT2D eigenvalue weighted by molar-refractivity contribution is -0.121. The summed E-state index contributed by atoms with van der Waals surface area (Å²) in [6.45, 7) is 8.51. The van der Waals surface area contributed by atoms with Crippen LogP contribution < -0.4 is 10.9 Å². The third-order valence-corrected chi connectivity index (χ3v) is 4.90. The molecule has 1 amide bonds. The van der Waals surface area contributed by atoms with E-state index in [2.05, 4.69) is 60.3 Å². The summed E-state index contributed by atoms with van der Waals surface area (Å²) in [4.78, 5) is 31.7. The van der Waals surface area contributed by atoms with E-state index < -0.39 is 0 Å². The Balaban J connectivity index is 1.60. The first-order chi connectivity index (χ1) is 13.2. The van der Waals surface area contributed by atoms with E-state index in [4.69, 9.17) is 0 Å². The van der Waals surface area contributed by atoms with Crippen molar-refractivity contribution in [2.45, 2.75) is 52.0 Å². The van der Waals surface area contributed by atoms with Gasteiger partial charge in [-0.05, 0) is 35.6 Å². The molecule has 3 rings (SSSR count). The van der Waals surface area contributed by atoms with Gasteiger partial charge >= 0.3 is 0 Å². The Morgan fingerprint density at radius 3 is 2.46 bits per heavy atom. The van der Waals surface area contributed by atoms with E-state index in [1.165, 1.54) is 5.56 Å². The Labute approximate surface area is 165 Å². The number of amides is 1. The molecule has 0 bridgehead atoms. The van der Waals surface area contributed by atoms with Crippen molar-refractivity contribution < 1.29 is 4.79 Å². The summed E-state index contributed by atoms with van der Waals surface area (Å²) >= 11 is 0. The van der Waals surface area contributed by atoms with Gasteiger partial charge in [-0.15, -0.1) is 0 Å². The first-order valence-corrected chi connectivity index (χ1v) is 9.62. The maximum Gasteiger partial charge on any atom is 0.258 e. The average molecular weight is 377 g/mol. The van der Waals surface area contributed by atoms with Gasteiger partial charge in [-0.2, -0.15) is 0 Å². The lowest BCUT2D eigenvalue weighted by Crippen LogP contribution is -2.27. The van der Waals surface area contributed by atoms with Crippen LogP contribution in [0.4, 0.5) is 0 Å². The highest BCUT2D eigenvalue weighted by molar-refractivity contribution is 5.78. The standard InChI is InChI=1S/C23H27N3O2/c1-15(16-9-11-17(12-10-16)23(2,3)4)24-21(27)14-13-20-25-19-8-6-5-7-18(19)22(28)26-20/h5-12,15H,13-14H2,1-4H3,(H,24,27)(H,25,26,28). The molecule has 1 unspecified atom stereocenters. The molecule has 2 aromatic carbocycles. The number of carbonyl (C=O) groups excluding carboxylic acids is 1. The molecule has 3 aromatic rings. The van der Waals surface area contributed by atoms with Gasteiger partial charge in [0.2, 0.25) is 5.91 Å². The number of aromatic nitrogens is 2. The molecule has 0 aliphatic carbocycles. The molecule has 5 nitrogen and oxygen atoms in total. The lowest BCUT2D eigenvalue weighted by atomic mass is 9.86. The first-order valence-electron chi connectivity index (χ1n) is 9.62. The fourth-order valence-electron chi connectivity index (χ4n) is 3.15. The Morgan fingerprint density at radius 2 is 1.79 bits per heavy atom. The van der Waals surface area contributed by atoms with Gasteiger partial charge in [0.15, 0.2) is 0 Å². The van der Waals surface area contributed by atoms with E-state index in [1.54, 1.807) is 12.1 Å². The van der Waals surface area contributed by atoms with E-state index in [9.17, 15) is 9.59 Å². The smallest absolute Gasteiger partial charge is 0.258 e. The summed E-state index contributed by atoms with van der Waals surface area (Å²) in [6.07, 6.45) is 0.660. The summed E-state index contributed by atoms with van der Waals surface area (Å²) in [5.41, 5.74) is 2.91. The first kappa shape index (κ1) is 19.8. The van der Waals surface area contributed by atoms with Crippen LogP contribution in [0, 0.1) is 0 Å². The van der Waals surface area contributed by atoms with Gasteiger partial charge in [0.05, 0.1) is 16.9 Å². The van der Waals surface area contributed by atoms with Crippen LogP contribution in [0.3, 0.4) is 0 Å². The number of nitrogens with zero attached hydrogens (tertiary/aromatic N) is 1. The molecule has 5 heteroatoms. The molecule has 0 radical (unpaired) electrons. The van der Waals surface area contributed by atoms with Crippen molar-refractivity contribution in [3.05, 3.63) is 75.8 Å². The molecule has 1 heterocycles. The van der Waals surface area contributed by atoms with Crippen molar-refractivity contribution in [3.63, 3.8) is 0 Å². The zero-order chi connectivity index (χ0) is 20.3. The second-order valence-corrected chi connectivity index (χ2v) is 8.19. The molecule has 0 spiro atoms. The molecule has 0 aliphatic rings. The number of hydrogen-bond donors (Lipinski definition) is 2. The second kappa shape index (κ2) is 7.97. The third kappa shape index (κ3) is 4.66. The van der Waals surface area contributed by atoms with Crippen molar-refractivity contribution in [2.24, 2.45) is 0 Å². The Hall–Kier alpha value is -2.95. The molecule has 1 atom stereocenters. The summed E-state index contributed by atoms with van der Waals surface area (Å²) in [6, 6.07) is 15.5. The lowest BCUT2D eigenvalue weighted by Gasteiger charge is -2.20. The minimum Gasteiger partial charge on any atom is -0.350 e. The molecular formula is C23H27N3O2. The molecule has 0 fully saturated rings. The number of nitrogens with one attached hydrogen (secondary N) is 2. The van der Waals surface area contributed by atoms with Crippen molar-refractivity contribution in [1.29, 1.82) is 0 Å². The average Bonchev–Trinajstić information content (AvgIpc) is 2.66. The van der Waals surface area contributed by atoms with Crippen molar-refractivity contribution in [2.75, 3.05) is 0 Å². The van der Waals surface area contributed by atoms with E-state index in [0.29, 0.717) is 23.1 Å². The van der Waals surface area contributed by atoms with Gasteiger partial charge in [0.25, 0.3) is 5.56 Å². The predicted octanol–water partition coefficient (Wildman–Crippen LogP) is 4.03. The highest BCUT2D eigenvalue weighted by Gasteiger charge is 2.15. The topological polar surface area (TPSA) is 74.8 Å². The number of para-hydroxylation sites is 1. The van der Waals surface area contributed by atoms with Crippen LogP contribution in [0.25, 0.3) is 10.9 Å². The number of aromatic amines is 1. The van der Waals surface area contributed by atoms with Crippen molar-refractivity contribution in [1.82, 2.24) is 15.3 Å². The van der Waals surface area contributed by atoms with Gasteiger partial charge in [-0.1, -0.05) is 57.2 Å². The molecule has 2 N–H and O–H groups in total. The quantitative estimate of drug-likeness (QED) is 0.705. The van der Waals surface area contributed by atoms with E-state index >= 15 is 0 Å². The van der Waals surface area contributed by atoms with Gasteiger partial charge in [0, 0.05) is 12.8 Å². The SMILES string of the molecule is CC(NC(=O)CCc1nc2ccccc2c(=O)[nH]1)c1ccc(C(C)(C)C)cc1. The van der Waals surface area contributed by atoms with E-state index in [0.717, 1.165) is 5.56 Å². The molecule has 28 heavy (non-hydrogen) atoms. The molecule has 0 saturated carbocycles. The van der Waals surface area contributed by atoms with Crippen LogP contribution in [0.1, 0.15) is 57.1 Å². The van der Waals surface area contributed by atoms with Crippen LogP contribution in [0.2, 0.25) is 0 Å². The van der Waals surface area contributed by atoms with Gasteiger partial charge in [-0.25, -0.2) is 4.98 Å². The molecule has 1 aromatic heterocycles. The summed E-state index contributed by atoms with van der Waals surface area (Å²) in [5.74, 6) is 0.462. The predicted molar refractivity (Wildman–Crippen MR) is 112 cm³/mol. The number of H-pyrrole nitrogens is 1. The van der Waals surface area contributed by atoms with Gasteiger partial charge in [0.1, 0.15) is 5.82 Å². The zero-order valence-electron chi connectivity index (χ0n) is 16.9. The minimum atomic E-state index is -0.173. The largest absolute Gasteiger partial charge is 0.350 e. The maximum atomic E-state index is 12.3. The maximum absolute atomic E-state index is 12.3. The monoisotopic (exact) mass is 377 g/mol. The van der Waals surface area contributed by atoms with Crippen LogP contribution in [-0.2, 0) is 16.6 Å². The number of carbonyl (C=O) groups is 1. The van der Waals surface area contributed by atoms with Crippen LogP contribution in [0.15, 0.2) is 53.3 Å². The summed E-state index contributed by atoms with van der Waals surface area (Å²) < 4.78 is 0. The van der Waals surface area contributed by atoms with Crippen molar-refractivity contribution in [3.8, 4) is 0 Å². The molecule has 146 valence electrons. The number of hydrogen-bond acceptors (Lipinski definition) is 3. The van der Waals surface area contributed by atoms with E-state index in [1.807, 2.05) is 19.1 Å². The second-order valence-electron chi connectivity index (χ2n) is 8.19. The summed E-state index contributed by atoms with van der Waals surface area (Å²) in [5, 5.41) is 3.58. The molecule has 0 aliphatic heterocycles. The third-order valence-electron chi connectivity index (χ3n) is 4.90. The highest BCUT2D eigenvalue weighted by atomic mass is 16.1. The molecular weight excluding hydrogens is 350 g/mol. The normalized spacial score (nSPS) is 12.7. The number of fused-ring (bicyclic) bond motifs is 1. The van der Waals surface area contributed by atoms with Crippen LogP contribution in [-0.4, -0.2) is 15.9 Å². The minimum absolute atomic E-state index is 0.0665. The Kier molecular flexibility index (Phi) is 5.63. The van der Waals surface area contributed by atoms with Crippen LogP contribution >= 0.6 is 0 Å². The fourth-order valence-corrected chi connectivity index (χ4v) is 3.15. The van der Waals surface area contributed by atoms with E-state index in [-0.39, 0.29) is 29.3 Å². The number of rotatable bonds is 5. The summed E-state index contributed by atoms with van der Waals surface area (Å²) in [7, 11) is 0. The fraction of sp³-hybridized carbons (Fsp3) is 0.348. The zero-order valence-corrected chi connectivity index (χ0v) is 16.9. The van der Waals surface area contributed by atoms with Crippen LogP contribution in [0.5, 0.6) is 0 Å². The van der Waals surface area contributed by atoms with Gasteiger partial charge in [-0.3, -0.25) is 9.59 Å². The number of aryl methyl sites for hydroxylation is 1. The molecule has 0 saturated heterocycles. The number of benzene rings is 2. The van der Waals surface area contributed by atoms with Gasteiger partial charge < -0.3 is 10.3 Å². The van der Waals surface area contributed by atoms with Crippen molar-refractivity contribution >= 4 is 16.8 Å².